The molecule has 2 nitrogen and oxygen atoms in total. The third-order valence-corrected chi connectivity index (χ3v) is 2.98. The van der Waals surface area contributed by atoms with E-state index in [1.54, 1.807) is 11.9 Å². The van der Waals surface area contributed by atoms with E-state index >= 15 is 0 Å². The Bertz CT molecular complexity index is 368. The molecule has 1 aromatic carbocycles. The maximum atomic E-state index is 11.9. The highest BCUT2D eigenvalue weighted by molar-refractivity contribution is 9.10. The van der Waals surface area contributed by atoms with Crippen molar-refractivity contribution in [2.24, 2.45) is 0 Å². The number of hydrogen-bond acceptors (Lipinski definition) is 1. The number of amides is 1. The van der Waals surface area contributed by atoms with E-state index in [9.17, 15) is 4.79 Å². The molecule has 4 heteroatoms. The van der Waals surface area contributed by atoms with Crippen LogP contribution in [-0.2, 0) is 0 Å². The average Bonchev–Trinajstić information content (AvgIpc) is 2.21. The van der Waals surface area contributed by atoms with E-state index in [0.29, 0.717) is 18.0 Å². The van der Waals surface area contributed by atoms with E-state index in [0.717, 1.165) is 10.0 Å². The van der Waals surface area contributed by atoms with Gasteiger partial charge in [0.2, 0.25) is 0 Å². The van der Waals surface area contributed by atoms with E-state index in [1.165, 1.54) is 0 Å². The molecule has 82 valence electrons. The van der Waals surface area contributed by atoms with Crippen molar-refractivity contribution in [2.45, 2.75) is 6.92 Å². The summed E-state index contributed by atoms with van der Waals surface area (Å²) in [5.41, 5.74) is 1.75. The molecule has 0 aliphatic rings. The molecule has 0 radical (unpaired) electrons. The van der Waals surface area contributed by atoms with Crippen LogP contribution in [0, 0.1) is 6.92 Å². The Morgan fingerprint density at radius 1 is 1.53 bits per heavy atom. The molecule has 1 rings (SSSR count). The lowest BCUT2D eigenvalue weighted by molar-refractivity contribution is 0.0802. The lowest BCUT2D eigenvalue weighted by Crippen LogP contribution is -2.28. The second kappa shape index (κ2) is 5.52. The number of benzene rings is 1. The molecule has 0 bridgehead atoms. The molecule has 15 heavy (non-hydrogen) atoms. The van der Waals surface area contributed by atoms with Crippen LogP contribution in [0.4, 0.5) is 0 Å². The third-order valence-electron chi connectivity index (χ3n) is 2.12. The second-order valence-corrected chi connectivity index (χ2v) is 4.63. The lowest BCUT2D eigenvalue weighted by Gasteiger charge is -2.16. The van der Waals surface area contributed by atoms with E-state index in [4.69, 9.17) is 11.6 Å². The molecule has 1 aromatic rings. The van der Waals surface area contributed by atoms with Gasteiger partial charge in [0.15, 0.2) is 0 Å². The van der Waals surface area contributed by atoms with E-state index in [-0.39, 0.29) is 5.91 Å². The molecule has 0 fully saturated rings. The fourth-order valence-electron chi connectivity index (χ4n) is 1.24. The minimum Gasteiger partial charge on any atom is -0.340 e. The Balaban J connectivity index is 2.95. The number of hydrogen-bond donors (Lipinski definition) is 0. The lowest BCUT2D eigenvalue weighted by atomic mass is 10.1. The Morgan fingerprint density at radius 3 is 2.80 bits per heavy atom. The van der Waals surface area contributed by atoms with Gasteiger partial charge in [0.1, 0.15) is 0 Å². The molecule has 0 heterocycles. The molecule has 0 saturated heterocycles. The van der Waals surface area contributed by atoms with Crippen LogP contribution in [-0.4, -0.2) is 30.3 Å². The fourth-order valence-corrected chi connectivity index (χ4v) is 1.91. The predicted molar refractivity (Wildman–Crippen MR) is 66.6 cm³/mol. The summed E-state index contributed by atoms with van der Waals surface area (Å²) in [4.78, 5) is 13.6. The van der Waals surface area contributed by atoms with Crippen molar-refractivity contribution < 1.29 is 4.79 Å². The van der Waals surface area contributed by atoms with Crippen LogP contribution in [0.5, 0.6) is 0 Å². The smallest absolute Gasteiger partial charge is 0.254 e. The van der Waals surface area contributed by atoms with E-state index < -0.39 is 0 Å². The Labute approximate surface area is 103 Å². The first-order valence-corrected chi connectivity index (χ1v) is 5.96. The molecular formula is C11H13BrClNO. The Morgan fingerprint density at radius 2 is 2.20 bits per heavy atom. The minimum absolute atomic E-state index is 0.00812. The molecule has 0 aliphatic carbocycles. The minimum atomic E-state index is -0.00812. The molecule has 0 N–H and O–H groups in total. The summed E-state index contributed by atoms with van der Waals surface area (Å²) in [5, 5.41) is 0. The summed E-state index contributed by atoms with van der Waals surface area (Å²) >= 11 is 8.96. The fraction of sp³-hybridized carbons (Fsp3) is 0.364. The highest BCUT2D eigenvalue weighted by Crippen LogP contribution is 2.19. The molecule has 0 spiro atoms. The van der Waals surface area contributed by atoms with E-state index in [2.05, 4.69) is 15.9 Å². The number of rotatable bonds is 3. The van der Waals surface area contributed by atoms with E-state index in [1.807, 2.05) is 25.1 Å². The van der Waals surface area contributed by atoms with Crippen molar-refractivity contribution in [1.29, 1.82) is 0 Å². The van der Waals surface area contributed by atoms with Gasteiger partial charge in [-0.25, -0.2) is 0 Å². The van der Waals surface area contributed by atoms with Gasteiger partial charge in [-0.1, -0.05) is 11.6 Å². The molecular weight excluding hydrogens is 277 g/mol. The topological polar surface area (TPSA) is 20.3 Å². The number of nitrogens with zero attached hydrogens (tertiary/aromatic N) is 1. The summed E-state index contributed by atoms with van der Waals surface area (Å²) in [6.07, 6.45) is 0. The average molecular weight is 291 g/mol. The monoisotopic (exact) mass is 289 g/mol. The van der Waals surface area contributed by atoms with Crippen LogP contribution >= 0.6 is 27.5 Å². The van der Waals surface area contributed by atoms with Gasteiger partial charge in [-0.15, -0.1) is 11.6 Å². The van der Waals surface area contributed by atoms with Gasteiger partial charge in [-0.05, 0) is 35.0 Å². The van der Waals surface area contributed by atoms with Gasteiger partial charge in [-0.3, -0.25) is 4.79 Å². The van der Waals surface area contributed by atoms with Gasteiger partial charge in [-0.2, -0.15) is 0 Å². The zero-order valence-electron chi connectivity index (χ0n) is 8.76. The molecule has 0 atom stereocenters. The molecule has 0 unspecified atom stereocenters. The number of halogens is 2. The first kappa shape index (κ1) is 12.5. The van der Waals surface area contributed by atoms with Crippen molar-refractivity contribution in [3.63, 3.8) is 0 Å². The first-order valence-electron chi connectivity index (χ1n) is 4.64. The standard InChI is InChI=1S/C11H13BrClNO/c1-8-3-4-10(12)9(7-8)11(15)14(2)6-5-13/h3-4,7H,5-6H2,1-2H3. The Kier molecular flexibility index (Phi) is 4.61. The van der Waals surface area contributed by atoms with Crippen LogP contribution in [0.3, 0.4) is 0 Å². The zero-order valence-corrected chi connectivity index (χ0v) is 11.1. The van der Waals surface area contributed by atoms with Crippen molar-refractivity contribution in [3.8, 4) is 0 Å². The molecule has 1 amide bonds. The van der Waals surface area contributed by atoms with Gasteiger partial charge in [0.25, 0.3) is 5.91 Å². The Hall–Kier alpha value is -0.540. The largest absolute Gasteiger partial charge is 0.340 e. The van der Waals surface area contributed by atoms with Crippen molar-refractivity contribution in [2.75, 3.05) is 19.5 Å². The van der Waals surface area contributed by atoms with Gasteiger partial charge in [0.05, 0.1) is 5.56 Å². The van der Waals surface area contributed by atoms with Crippen LogP contribution in [0.2, 0.25) is 0 Å². The van der Waals surface area contributed by atoms with Crippen LogP contribution in [0.15, 0.2) is 22.7 Å². The van der Waals surface area contributed by atoms with Crippen LogP contribution in [0.25, 0.3) is 0 Å². The molecule has 0 aromatic heterocycles. The molecule has 0 saturated carbocycles. The van der Waals surface area contributed by atoms with Crippen LogP contribution < -0.4 is 0 Å². The zero-order chi connectivity index (χ0) is 11.4. The summed E-state index contributed by atoms with van der Waals surface area (Å²) in [7, 11) is 1.75. The number of carbonyl (C=O) groups excluding carboxylic acids is 1. The highest BCUT2D eigenvalue weighted by Gasteiger charge is 2.14. The van der Waals surface area contributed by atoms with Crippen molar-refractivity contribution in [3.05, 3.63) is 33.8 Å². The third kappa shape index (κ3) is 3.21. The quantitative estimate of drug-likeness (QED) is 0.784. The summed E-state index contributed by atoms with van der Waals surface area (Å²) in [6.45, 7) is 2.52. The van der Waals surface area contributed by atoms with Crippen molar-refractivity contribution >= 4 is 33.4 Å². The first-order chi connectivity index (χ1) is 7.06. The predicted octanol–water partition coefficient (Wildman–Crippen LogP) is 3.07. The SMILES string of the molecule is Cc1ccc(Br)c(C(=O)N(C)CCCl)c1. The summed E-state index contributed by atoms with van der Waals surface area (Å²) < 4.78 is 0.819. The second-order valence-electron chi connectivity index (χ2n) is 3.40. The number of alkyl halides is 1. The van der Waals surface area contributed by atoms with Crippen molar-refractivity contribution in [1.82, 2.24) is 4.90 Å². The van der Waals surface area contributed by atoms with Gasteiger partial charge < -0.3 is 4.90 Å². The van der Waals surface area contributed by atoms with Crippen LogP contribution in [0.1, 0.15) is 15.9 Å². The van der Waals surface area contributed by atoms with Gasteiger partial charge >= 0.3 is 0 Å². The maximum Gasteiger partial charge on any atom is 0.254 e. The molecule has 0 aliphatic heterocycles. The summed E-state index contributed by atoms with van der Waals surface area (Å²) in [6, 6.07) is 5.72. The highest BCUT2D eigenvalue weighted by atomic mass is 79.9. The summed E-state index contributed by atoms with van der Waals surface area (Å²) in [5.74, 6) is 0.442. The van der Waals surface area contributed by atoms with Gasteiger partial charge in [0, 0.05) is 23.9 Å². The number of carbonyl (C=O) groups is 1. The number of aryl methyl sites for hydroxylation is 1. The maximum absolute atomic E-state index is 11.9. The normalized spacial score (nSPS) is 10.1.